The quantitative estimate of drug-likeness (QED) is 0.775. The molecule has 1 heterocycles. The maximum absolute atomic E-state index is 12.0. The van der Waals surface area contributed by atoms with Crippen LogP contribution in [0.4, 0.5) is 0 Å². The Kier molecular flexibility index (Phi) is 4.62. The number of carbonyl (C=O) groups excluding carboxylic acids is 1. The average molecular weight is 262 g/mol. The molecule has 1 amide bonds. The van der Waals surface area contributed by atoms with Crippen LogP contribution in [-0.4, -0.2) is 42.4 Å². The number of hydrogen-bond acceptors (Lipinski definition) is 4. The van der Waals surface area contributed by atoms with Gasteiger partial charge >= 0.3 is 0 Å². The summed E-state index contributed by atoms with van der Waals surface area (Å²) in [7, 11) is 0. The van der Waals surface area contributed by atoms with E-state index >= 15 is 0 Å². The van der Waals surface area contributed by atoms with Gasteiger partial charge in [0.1, 0.15) is 0 Å². The fourth-order valence-corrected chi connectivity index (χ4v) is 2.53. The number of nitrogens with zero attached hydrogens (tertiary/aromatic N) is 2. The second-order valence-corrected chi connectivity index (χ2v) is 4.98. The molecule has 1 aromatic rings. The molecule has 0 N–H and O–H groups in total. The number of rotatable bonds is 3. The van der Waals surface area contributed by atoms with Crippen molar-refractivity contribution in [3.05, 3.63) is 30.3 Å². The molecule has 0 bridgehead atoms. The molecule has 5 heteroatoms. The van der Waals surface area contributed by atoms with Crippen molar-refractivity contribution in [3.8, 4) is 6.07 Å². The van der Waals surface area contributed by atoms with Crippen LogP contribution in [0.25, 0.3) is 0 Å². The molecule has 0 radical (unpaired) electrons. The van der Waals surface area contributed by atoms with E-state index in [-0.39, 0.29) is 5.91 Å². The van der Waals surface area contributed by atoms with E-state index in [1.54, 1.807) is 4.90 Å². The predicted molar refractivity (Wildman–Crippen MR) is 69.1 cm³/mol. The molecule has 94 valence electrons. The van der Waals surface area contributed by atoms with Crippen molar-refractivity contribution in [1.29, 1.82) is 5.26 Å². The third-order valence-corrected chi connectivity index (χ3v) is 3.67. The van der Waals surface area contributed by atoms with Gasteiger partial charge in [0.15, 0.2) is 6.10 Å². The van der Waals surface area contributed by atoms with Gasteiger partial charge < -0.3 is 9.64 Å². The highest BCUT2D eigenvalue weighted by atomic mass is 32.2. The second-order valence-electron chi connectivity index (χ2n) is 3.93. The van der Waals surface area contributed by atoms with Gasteiger partial charge in [-0.05, 0) is 12.1 Å². The zero-order chi connectivity index (χ0) is 12.8. The van der Waals surface area contributed by atoms with Gasteiger partial charge in [-0.25, -0.2) is 0 Å². The molecule has 0 aliphatic carbocycles. The smallest absolute Gasteiger partial charge is 0.233 e. The molecule has 1 aromatic carbocycles. The van der Waals surface area contributed by atoms with Crippen LogP contribution >= 0.6 is 11.8 Å². The summed E-state index contributed by atoms with van der Waals surface area (Å²) >= 11 is 1.52. The molecular weight excluding hydrogens is 248 g/mol. The molecule has 0 saturated carbocycles. The third-order valence-electron chi connectivity index (χ3n) is 2.67. The number of morpholine rings is 1. The molecule has 1 fully saturated rings. The van der Waals surface area contributed by atoms with Gasteiger partial charge in [0.05, 0.1) is 25.0 Å². The fraction of sp³-hybridized carbons (Fsp3) is 0.385. The summed E-state index contributed by atoms with van der Waals surface area (Å²) in [5, 5.41) is 8.78. The van der Waals surface area contributed by atoms with Gasteiger partial charge in [-0.1, -0.05) is 18.2 Å². The minimum absolute atomic E-state index is 0.0624. The summed E-state index contributed by atoms with van der Waals surface area (Å²) in [6, 6.07) is 11.9. The standard InChI is InChI=1S/C13H14N2O2S/c14-8-11-9-15(6-7-17-11)13(16)10-18-12-4-2-1-3-5-12/h1-5,11H,6-7,9-10H2. The SMILES string of the molecule is N#CC1CN(C(=O)CSc2ccccc2)CCO1. The molecule has 1 saturated heterocycles. The maximum atomic E-state index is 12.0. The number of thioether (sulfide) groups is 1. The van der Waals surface area contributed by atoms with E-state index in [2.05, 4.69) is 0 Å². The first-order chi connectivity index (χ1) is 8.79. The first-order valence-electron chi connectivity index (χ1n) is 5.76. The largest absolute Gasteiger partial charge is 0.360 e. The van der Waals surface area contributed by atoms with Crippen LogP contribution in [-0.2, 0) is 9.53 Å². The van der Waals surface area contributed by atoms with E-state index in [0.29, 0.717) is 25.4 Å². The molecule has 1 aliphatic heterocycles. The predicted octanol–water partition coefficient (Wildman–Crippen LogP) is 1.53. The van der Waals surface area contributed by atoms with Crippen molar-refractivity contribution in [2.24, 2.45) is 0 Å². The molecule has 1 atom stereocenters. The Balaban J connectivity index is 1.83. The van der Waals surface area contributed by atoms with E-state index in [1.807, 2.05) is 36.4 Å². The van der Waals surface area contributed by atoms with E-state index < -0.39 is 6.10 Å². The number of benzene rings is 1. The number of nitriles is 1. The summed E-state index contributed by atoms with van der Waals surface area (Å²) in [5.41, 5.74) is 0. The third kappa shape index (κ3) is 3.49. The first-order valence-corrected chi connectivity index (χ1v) is 6.75. The summed E-state index contributed by atoms with van der Waals surface area (Å²) in [6.07, 6.45) is -0.482. The van der Waals surface area contributed by atoms with Crippen molar-refractivity contribution < 1.29 is 9.53 Å². The zero-order valence-electron chi connectivity index (χ0n) is 9.91. The Morgan fingerprint density at radius 2 is 2.28 bits per heavy atom. The van der Waals surface area contributed by atoms with Crippen molar-refractivity contribution in [3.63, 3.8) is 0 Å². The minimum Gasteiger partial charge on any atom is -0.360 e. The normalized spacial score (nSPS) is 19.3. The number of carbonyl (C=O) groups is 1. The molecule has 1 unspecified atom stereocenters. The topological polar surface area (TPSA) is 53.3 Å². The monoisotopic (exact) mass is 262 g/mol. The van der Waals surface area contributed by atoms with Crippen molar-refractivity contribution >= 4 is 17.7 Å². The van der Waals surface area contributed by atoms with Crippen LogP contribution < -0.4 is 0 Å². The number of hydrogen-bond donors (Lipinski definition) is 0. The number of amides is 1. The molecule has 2 rings (SSSR count). The van der Waals surface area contributed by atoms with Crippen LogP contribution in [0.5, 0.6) is 0 Å². The first kappa shape index (κ1) is 12.9. The van der Waals surface area contributed by atoms with E-state index in [1.165, 1.54) is 11.8 Å². The van der Waals surface area contributed by atoms with Crippen LogP contribution in [0.1, 0.15) is 0 Å². The Labute approximate surface area is 111 Å². The lowest BCUT2D eigenvalue weighted by molar-refractivity contribution is -0.134. The number of ether oxygens (including phenoxy) is 1. The van der Waals surface area contributed by atoms with Crippen LogP contribution in [0.3, 0.4) is 0 Å². The summed E-state index contributed by atoms with van der Waals surface area (Å²) < 4.78 is 5.21. The van der Waals surface area contributed by atoms with E-state index in [9.17, 15) is 4.79 Å². The second kappa shape index (κ2) is 6.43. The zero-order valence-corrected chi connectivity index (χ0v) is 10.7. The Hall–Kier alpha value is -1.51. The van der Waals surface area contributed by atoms with Crippen LogP contribution in [0, 0.1) is 11.3 Å². The van der Waals surface area contributed by atoms with Gasteiger partial charge in [-0.15, -0.1) is 11.8 Å². The molecule has 1 aliphatic rings. The lowest BCUT2D eigenvalue weighted by Gasteiger charge is -2.29. The van der Waals surface area contributed by atoms with Crippen LogP contribution in [0.2, 0.25) is 0 Å². The van der Waals surface area contributed by atoms with Gasteiger partial charge in [0.2, 0.25) is 5.91 Å². The van der Waals surface area contributed by atoms with E-state index in [0.717, 1.165) is 4.90 Å². The molecule has 0 aromatic heterocycles. The molecule has 0 spiro atoms. The highest BCUT2D eigenvalue weighted by molar-refractivity contribution is 8.00. The van der Waals surface area contributed by atoms with Gasteiger partial charge in [0.25, 0.3) is 0 Å². The summed E-state index contributed by atoms with van der Waals surface area (Å²) in [6.45, 7) is 1.40. The Morgan fingerprint density at radius 3 is 3.00 bits per heavy atom. The van der Waals surface area contributed by atoms with Crippen molar-refractivity contribution in [2.45, 2.75) is 11.0 Å². The summed E-state index contributed by atoms with van der Waals surface area (Å²) in [5.74, 6) is 0.467. The van der Waals surface area contributed by atoms with Crippen molar-refractivity contribution in [1.82, 2.24) is 4.90 Å². The fourth-order valence-electron chi connectivity index (χ4n) is 1.71. The minimum atomic E-state index is -0.482. The molecule has 18 heavy (non-hydrogen) atoms. The average Bonchev–Trinajstić information content (AvgIpc) is 2.46. The van der Waals surface area contributed by atoms with Gasteiger partial charge in [-0.3, -0.25) is 4.79 Å². The molecular formula is C13H14N2O2S. The Morgan fingerprint density at radius 1 is 1.50 bits per heavy atom. The van der Waals surface area contributed by atoms with E-state index in [4.69, 9.17) is 10.00 Å². The van der Waals surface area contributed by atoms with Gasteiger partial charge in [0, 0.05) is 11.4 Å². The van der Waals surface area contributed by atoms with Gasteiger partial charge in [-0.2, -0.15) is 5.26 Å². The lowest BCUT2D eigenvalue weighted by Crippen LogP contribution is -2.45. The summed E-state index contributed by atoms with van der Waals surface area (Å²) in [4.78, 5) is 14.8. The highest BCUT2D eigenvalue weighted by Gasteiger charge is 2.23. The van der Waals surface area contributed by atoms with Crippen LogP contribution in [0.15, 0.2) is 35.2 Å². The highest BCUT2D eigenvalue weighted by Crippen LogP contribution is 2.18. The molecule has 4 nitrogen and oxygen atoms in total. The maximum Gasteiger partial charge on any atom is 0.233 e. The Bertz CT molecular complexity index is 444. The lowest BCUT2D eigenvalue weighted by atomic mass is 10.3. The van der Waals surface area contributed by atoms with Crippen molar-refractivity contribution in [2.75, 3.05) is 25.4 Å².